The van der Waals surface area contributed by atoms with Crippen LogP contribution < -0.4 is 0 Å². The lowest BCUT2D eigenvalue weighted by molar-refractivity contribution is -0.133. The number of amides is 1. The van der Waals surface area contributed by atoms with Crippen molar-refractivity contribution in [2.24, 2.45) is 7.05 Å². The standard InChI is InChI=1S/C20H24BrN5O/c1-13-19(21)14(2)26(23-13)12-18(27)25-10-6-7-15(11-25)20-22-16-8-4-5-9-17(16)24(20)3/h4-5,8-9,15H,6-7,10-12H2,1-3H3. The third-order valence-corrected chi connectivity index (χ3v) is 6.69. The fraction of sp³-hybridized carbons (Fsp3) is 0.450. The SMILES string of the molecule is Cc1nn(CC(=O)N2CCCC(c3nc4ccccc4n3C)C2)c(C)c1Br. The third kappa shape index (κ3) is 3.29. The summed E-state index contributed by atoms with van der Waals surface area (Å²) in [5, 5.41) is 4.47. The summed E-state index contributed by atoms with van der Waals surface area (Å²) < 4.78 is 4.94. The zero-order valence-electron chi connectivity index (χ0n) is 15.9. The molecule has 1 saturated heterocycles. The van der Waals surface area contributed by atoms with E-state index in [0.29, 0.717) is 0 Å². The van der Waals surface area contributed by atoms with Crippen LogP contribution in [0.2, 0.25) is 0 Å². The molecule has 1 aromatic carbocycles. The molecule has 1 aliphatic heterocycles. The van der Waals surface area contributed by atoms with Crippen molar-refractivity contribution < 1.29 is 4.79 Å². The molecular formula is C20H24BrN5O. The van der Waals surface area contributed by atoms with E-state index in [9.17, 15) is 4.79 Å². The molecule has 1 unspecified atom stereocenters. The number of carbonyl (C=O) groups excluding carboxylic acids is 1. The van der Waals surface area contributed by atoms with Crippen LogP contribution in [-0.2, 0) is 18.4 Å². The van der Waals surface area contributed by atoms with E-state index in [4.69, 9.17) is 4.98 Å². The molecule has 0 saturated carbocycles. The van der Waals surface area contributed by atoms with Gasteiger partial charge in [0.2, 0.25) is 5.91 Å². The molecule has 0 spiro atoms. The second kappa shape index (κ2) is 7.11. The molecule has 1 atom stereocenters. The number of fused-ring (bicyclic) bond motifs is 1. The number of likely N-dealkylation sites (tertiary alicyclic amines) is 1. The summed E-state index contributed by atoms with van der Waals surface area (Å²) in [7, 11) is 2.07. The highest BCUT2D eigenvalue weighted by Gasteiger charge is 2.28. The number of aryl methyl sites for hydroxylation is 2. The molecule has 2 aromatic heterocycles. The van der Waals surface area contributed by atoms with E-state index in [2.05, 4.69) is 38.7 Å². The summed E-state index contributed by atoms with van der Waals surface area (Å²) in [6, 6.07) is 8.20. The van der Waals surface area contributed by atoms with Crippen LogP contribution in [0.1, 0.15) is 36.0 Å². The average Bonchev–Trinajstić information content (AvgIpc) is 3.14. The second-order valence-corrected chi connectivity index (χ2v) is 8.13. The Kier molecular flexibility index (Phi) is 4.80. The molecule has 0 aliphatic carbocycles. The van der Waals surface area contributed by atoms with Crippen molar-refractivity contribution in [2.45, 2.75) is 39.2 Å². The maximum atomic E-state index is 12.9. The van der Waals surface area contributed by atoms with Crippen molar-refractivity contribution >= 4 is 32.9 Å². The molecule has 0 bridgehead atoms. The average molecular weight is 430 g/mol. The van der Waals surface area contributed by atoms with Crippen LogP contribution in [0.25, 0.3) is 11.0 Å². The van der Waals surface area contributed by atoms with Crippen molar-refractivity contribution in [3.8, 4) is 0 Å². The van der Waals surface area contributed by atoms with E-state index < -0.39 is 0 Å². The number of aromatic nitrogens is 4. The van der Waals surface area contributed by atoms with Crippen molar-refractivity contribution in [3.05, 3.63) is 46.0 Å². The Balaban J connectivity index is 1.52. The van der Waals surface area contributed by atoms with Crippen LogP contribution in [0.5, 0.6) is 0 Å². The normalized spacial score (nSPS) is 17.6. The molecule has 6 nitrogen and oxygen atoms in total. The highest BCUT2D eigenvalue weighted by atomic mass is 79.9. The van der Waals surface area contributed by atoms with Gasteiger partial charge in [0.05, 0.1) is 26.9 Å². The van der Waals surface area contributed by atoms with Gasteiger partial charge in [0.15, 0.2) is 0 Å². The van der Waals surface area contributed by atoms with Crippen molar-refractivity contribution in [1.82, 2.24) is 24.2 Å². The van der Waals surface area contributed by atoms with E-state index in [-0.39, 0.29) is 18.4 Å². The van der Waals surface area contributed by atoms with E-state index in [1.54, 1.807) is 4.68 Å². The molecule has 1 amide bonds. The van der Waals surface area contributed by atoms with Gasteiger partial charge in [-0.3, -0.25) is 9.48 Å². The predicted molar refractivity (Wildman–Crippen MR) is 109 cm³/mol. The number of halogens is 1. The predicted octanol–water partition coefficient (Wildman–Crippen LogP) is 3.56. The fourth-order valence-electron chi connectivity index (χ4n) is 4.00. The van der Waals surface area contributed by atoms with Crippen LogP contribution in [0.4, 0.5) is 0 Å². The van der Waals surface area contributed by atoms with Gasteiger partial charge in [-0.1, -0.05) is 12.1 Å². The lowest BCUT2D eigenvalue weighted by Crippen LogP contribution is -2.41. The quantitative estimate of drug-likeness (QED) is 0.639. The summed E-state index contributed by atoms with van der Waals surface area (Å²) >= 11 is 3.53. The number of para-hydroxylation sites is 2. The second-order valence-electron chi connectivity index (χ2n) is 7.34. The summed E-state index contributed by atoms with van der Waals surface area (Å²) in [6.45, 7) is 5.74. The maximum Gasteiger partial charge on any atom is 0.244 e. The number of rotatable bonds is 3. The zero-order valence-corrected chi connectivity index (χ0v) is 17.5. The smallest absolute Gasteiger partial charge is 0.244 e. The topological polar surface area (TPSA) is 56.0 Å². The van der Waals surface area contributed by atoms with Crippen molar-refractivity contribution in [3.63, 3.8) is 0 Å². The molecule has 1 fully saturated rings. The first kappa shape index (κ1) is 18.2. The number of piperidine rings is 1. The minimum Gasteiger partial charge on any atom is -0.340 e. The Labute approximate surface area is 167 Å². The first-order valence-electron chi connectivity index (χ1n) is 9.34. The van der Waals surface area contributed by atoms with E-state index in [1.807, 2.05) is 36.9 Å². The Morgan fingerprint density at radius 2 is 2.07 bits per heavy atom. The minimum atomic E-state index is 0.122. The van der Waals surface area contributed by atoms with Crippen LogP contribution >= 0.6 is 15.9 Å². The molecule has 4 rings (SSSR count). The lowest BCUT2D eigenvalue weighted by Gasteiger charge is -2.32. The molecule has 3 heterocycles. The third-order valence-electron chi connectivity index (χ3n) is 5.54. The van der Waals surface area contributed by atoms with Crippen LogP contribution in [0.3, 0.4) is 0 Å². The summed E-state index contributed by atoms with van der Waals surface area (Å²) in [5.41, 5.74) is 4.07. The minimum absolute atomic E-state index is 0.122. The van der Waals surface area contributed by atoms with Crippen LogP contribution in [0.15, 0.2) is 28.7 Å². The Morgan fingerprint density at radius 1 is 1.30 bits per heavy atom. The Morgan fingerprint density at radius 3 is 2.78 bits per heavy atom. The van der Waals surface area contributed by atoms with Gasteiger partial charge in [-0.25, -0.2) is 4.98 Å². The van der Waals surface area contributed by atoms with Gasteiger partial charge in [-0.15, -0.1) is 0 Å². The molecule has 142 valence electrons. The Hall–Kier alpha value is -2.15. The largest absolute Gasteiger partial charge is 0.340 e. The maximum absolute atomic E-state index is 12.9. The molecule has 27 heavy (non-hydrogen) atoms. The fourth-order valence-corrected chi connectivity index (χ4v) is 4.28. The van der Waals surface area contributed by atoms with Crippen LogP contribution in [-0.4, -0.2) is 43.2 Å². The molecule has 3 aromatic rings. The number of benzene rings is 1. The molecule has 7 heteroatoms. The highest BCUT2D eigenvalue weighted by Crippen LogP contribution is 2.29. The number of hydrogen-bond donors (Lipinski definition) is 0. The molecule has 1 aliphatic rings. The first-order chi connectivity index (χ1) is 13.0. The molecular weight excluding hydrogens is 406 g/mol. The highest BCUT2D eigenvalue weighted by molar-refractivity contribution is 9.10. The van der Waals surface area contributed by atoms with Gasteiger partial charge in [-0.05, 0) is 54.8 Å². The number of hydrogen-bond acceptors (Lipinski definition) is 3. The van der Waals surface area contributed by atoms with E-state index >= 15 is 0 Å². The summed E-state index contributed by atoms with van der Waals surface area (Å²) in [4.78, 5) is 19.7. The van der Waals surface area contributed by atoms with Gasteiger partial charge in [0.1, 0.15) is 12.4 Å². The van der Waals surface area contributed by atoms with Crippen LogP contribution in [0, 0.1) is 13.8 Å². The summed E-state index contributed by atoms with van der Waals surface area (Å²) in [6.07, 6.45) is 2.06. The lowest BCUT2D eigenvalue weighted by atomic mass is 9.97. The van der Waals surface area contributed by atoms with Gasteiger partial charge in [-0.2, -0.15) is 5.10 Å². The van der Waals surface area contributed by atoms with E-state index in [1.165, 1.54) is 0 Å². The number of imidazole rings is 1. The van der Waals surface area contributed by atoms with Gasteiger partial charge >= 0.3 is 0 Å². The molecule has 0 N–H and O–H groups in total. The zero-order chi connectivity index (χ0) is 19.1. The monoisotopic (exact) mass is 429 g/mol. The van der Waals surface area contributed by atoms with Crippen molar-refractivity contribution in [2.75, 3.05) is 13.1 Å². The van der Waals surface area contributed by atoms with Gasteiger partial charge in [0, 0.05) is 26.1 Å². The van der Waals surface area contributed by atoms with E-state index in [0.717, 1.165) is 58.6 Å². The van der Waals surface area contributed by atoms with Crippen molar-refractivity contribution in [1.29, 1.82) is 0 Å². The van der Waals surface area contributed by atoms with Gasteiger partial charge in [0.25, 0.3) is 0 Å². The Bertz CT molecular complexity index is 1010. The number of carbonyl (C=O) groups is 1. The number of nitrogens with zero attached hydrogens (tertiary/aromatic N) is 5. The van der Waals surface area contributed by atoms with Gasteiger partial charge < -0.3 is 9.47 Å². The summed E-state index contributed by atoms with van der Waals surface area (Å²) in [5.74, 6) is 1.46. The first-order valence-corrected chi connectivity index (χ1v) is 10.1. The molecule has 0 radical (unpaired) electrons.